The molecule has 3 N–H and O–H groups in total. The summed E-state index contributed by atoms with van der Waals surface area (Å²) in [6.45, 7) is 3.24. The first-order valence-corrected chi connectivity index (χ1v) is 18.3. The highest BCUT2D eigenvalue weighted by molar-refractivity contribution is 6.21. The summed E-state index contributed by atoms with van der Waals surface area (Å²) in [5, 5.41) is 32.8. The van der Waals surface area contributed by atoms with Crippen LogP contribution in [0.25, 0.3) is 5.57 Å². The molecule has 14 nitrogen and oxygen atoms in total. The van der Waals surface area contributed by atoms with Gasteiger partial charge in [0.15, 0.2) is 11.5 Å². The second-order valence-electron chi connectivity index (χ2n) is 14.0. The number of fused-ring (bicyclic) bond motifs is 1. The van der Waals surface area contributed by atoms with E-state index in [1.54, 1.807) is 44.2 Å². The highest BCUT2D eigenvalue weighted by Gasteiger charge is 2.55. The van der Waals surface area contributed by atoms with Crippen LogP contribution in [-0.2, 0) is 28.5 Å². The number of phenols is 2. The van der Waals surface area contributed by atoms with E-state index in [-0.39, 0.29) is 75.4 Å². The summed E-state index contributed by atoms with van der Waals surface area (Å²) in [6, 6.07) is 15.1. The van der Waals surface area contributed by atoms with Crippen molar-refractivity contribution in [2.45, 2.75) is 44.8 Å². The molecule has 0 aromatic heterocycles. The van der Waals surface area contributed by atoms with E-state index in [1.807, 2.05) is 0 Å². The van der Waals surface area contributed by atoms with Gasteiger partial charge in [-0.2, -0.15) is 0 Å². The molecule has 0 radical (unpaired) electrons. The molecule has 300 valence electrons. The van der Waals surface area contributed by atoms with E-state index in [0.717, 1.165) is 0 Å². The second-order valence-corrected chi connectivity index (χ2v) is 14.0. The van der Waals surface area contributed by atoms with Crippen LogP contribution in [0, 0.1) is 5.92 Å². The zero-order valence-electron chi connectivity index (χ0n) is 32.4. The molecule has 0 heterocycles. The Morgan fingerprint density at radius 1 is 0.707 bits per heavy atom. The Morgan fingerprint density at radius 3 is 1.98 bits per heavy atom. The molecule has 4 atom stereocenters. The van der Waals surface area contributed by atoms with E-state index in [0.29, 0.717) is 27.8 Å². The monoisotopic (exact) mass is 792 g/mol. The predicted molar refractivity (Wildman–Crippen MR) is 205 cm³/mol. The molecule has 4 aliphatic carbocycles. The van der Waals surface area contributed by atoms with Crippen molar-refractivity contribution < 1.29 is 67.7 Å². The number of ether oxygens (including phenoxy) is 7. The van der Waals surface area contributed by atoms with Gasteiger partial charge in [-0.1, -0.05) is 18.2 Å². The average Bonchev–Trinajstić information content (AvgIpc) is 3.19. The minimum atomic E-state index is -1.07. The molecule has 0 amide bonds. The maximum atomic E-state index is 14.5. The van der Waals surface area contributed by atoms with Crippen molar-refractivity contribution >= 4 is 29.3 Å². The van der Waals surface area contributed by atoms with Gasteiger partial charge in [-0.25, -0.2) is 9.59 Å². The molecular formula is C44H40O14. The van der Waals surface area contributed by atoms with Crippen LogP contribution in [-0.4, -0.2) is 79.7 Å². The van der Waals surface area contributed by atoms with E-state index in [2.05, 4.69) is 0 Å². The van der Waals surface area contributed by atoms with Crippen LogP contribution in [0.4, 0.5) is 4.79 Å². The topological polar surface area (TPSA) is 194 Å². The van der Waals surface area contributed by atoms with Gasteiger partial charge in [-0.15, -0.1) is 0 Å². The zero-order chi connectivity index (χ0) is 41.6. The van der Waals surface area contributed by atoms with Crippen LogP contribution in [0.1, 0.15) is 64.4 Å². The number of hydrogen-bond donors (Lipinski definition) is 3. The van der Waals surface area contributed by atoms with E-state index in [9.17, 15) is 34.5 Å². The Labute approximate surface area is 332 Å². The third-order valence-electron chi connectivity index (χ3n) is 10.5. The van der Waals surface area contributed by atoms with Gasteiger partial charge in [-0.3, -0.25) is 9.59 Å². The summed E-state index contributed by atoms with van der Waals surface area (Å²) in [7, 11) is 5.40. The summed E-state index contributed by atoms with van der Waals surface area (Å²) in [4.78, 5) is 55.3. The van der Waals surface area contributed by atoms with E-state index in [4.69, 9.17) is 33.2 Å². The molecule has 58 heavy (non-hydrogen) atoms. The summed E-state index contributed by atoms with van der Waals surface area (Å²) in [5.41, 5.74) is 2.03. The van der Waals surface area contributed by atoms with Crippen LogP contribution in [0.2, 0.25) is 0 Å². The fourth-order valence-electron chi connectivity index (χ4n) is 8.28. The highest BCUT2D eigenvalue weighted by Crippen LogP contribution is 2.63. The van der Waals surface area contributed by atoms with E-state index in [1.165, 1.54) is 64.8 Å². The van der Waals surface area contributed by atoms with Crippen LogP contribution in [0.3, 0.4) is 0 Å². The van der Waals surface area contributed by atoms with Crippen molar-refractivity contribution in [1.29, 1.82) is 0 Å². The lowest BCUT2D eigenvalue weighted by molar-refractivity contribution is -0.116. The molecule has 3 aromatic carbocycles. The first-order chi connectivity index (χ1) is 27.8. The molecule has 4 aliphatic rings. The quantitative estimate of drug-likeness (QED) is 0.124. The molecule has 0 saturated carbocycles. The number of aliphatic hydroxyl groups excluding tert-OH is 1. The molecular weight excluding hydrogens is 752 g/mol. The largest absolute Gasteiger partial charge is 0.514 e. The SMILES string of the molecule is COC1=CC(O)=C2C(=O)C(OC)=C(CC(C)OC(=O)c3ccccc3)C3=C4C(CC(C)OC(=O)Oc5ccc(O)cc5)=C(OC)C(=O)c5c(O)cc(OC)c(c54)C1C23. The summed E-state index contributed by atoms with van der Waals surface area (Å²) >= 11 is 0. The second kappa shape index (κ2) is 15.5. The summed E-state index contributed by atoms with van der Waals surface area (Å²) in [6.07, 6.45) is -1.82. The first-order valence-electron chi connectivity index (χ1n) is 18.3. The van der Waals surface area contributed by atoms with Gasteiger partial charge in [0.1, 0.15) is 46.7 Å². The Morgan fingerprint density at radius 2 is 1.34 bits per heavy atom. The number of rotatable bonds is 12. The zero-order valence-corrected chi connectivity index (χ0v) is 32.4. The molecule has 0 bridgehead atoms. The van der Waals surface area contributed by atoms with E-state index >= 15 is 0 Å². The number of phenolic OH excluding ortho intramolecular Hbond substituents is 2. The minimum Gasteiger partial charge on any atom is -0.508 e. The third-order valence-corrected chi connectivity index (χ3v) is 10.5. The van der Waals surface area contributed by atoms with Crippen molar-refractivity contribution in [2.75, 3.05) is 28.4 Å². The fourth-order valence-corrected chi connectivity index (χ4v) is 8.28. The summed E-state index contributed by atoms with van der Waals surface area (Å²) in [5.74, 6) is -4.44. The van der Waals surface area contributed by atoms with Crippen molar-refractivity contribution in [3.8, 4) is 23.0 Å². The van der Waals surface area contributed by atoms with Crippen LogP contribution in [0.5, 0.6) is 23.0 Å². The van der Waals surface area contributed by atoms with Gasteiger partial charge < -0.3 is 48.5 Å². The molecule has 4 unspecified atom stereocenters. The number of ketones is 2. The molecule has 0 fully saturated rings. The first kappa shape index (κ1) is 39.3. The van der Waals surface area contributed by atoms with Crippen molar-refractivity contribution in [3.63, 3.8) is 0 Å². The Bertz CT molecular complexity index is 2400. The van der Waals surface area contributed by atoms with Gasteiger partial charge in [0.25, 0.3) is 0 Å². The lowest BCUT2D eigenvalue weighted by atomic mass is 9.57. The molecule has 14 heteroatoms. The standard InChI is InChI=1S/C44H40O14/c1-20(56-43(50)22-10-8-7-9-11-22)16-25-31-32-26(17-21(2)57-44(51)58-24-14-12-23(45)13-15-24)42(55-6)40(49)34-28(47)19-30(53-4)36(38(32)34)35-29(52-3)18-27(46)33(37(31)35)39(48)41(25)54-5/h7-15,18-21,35,37,45-47H,16-17H2,1-6H3. The lowest BCUT2D eigenvalue weighted by Crippen LogP contribution is -2.40. The van der Waals surface area contributed by atoms with Crippen molar-refractivity contribution in [2.24, 2.45) is 5.92 Å². The van der Waals surface area contributed by atoms with Gasteiger partial charge >= 0.3 is 12.1 Å². The highest BCUT2D eigenvalue weighted by atomic mass is 16.7. The van der Waals surface area contributed by atoms with Gasteiger partial charge in [0.05, 0.1) is 51.1 Å². The van der Waals surface area contributed by atoms with Gasteiger partial charge in [-0.05, 0) is 61.4 Å². The molecule has 0 aliphatic heterocycles. The molecule has 7 rings (SSSR count). The molecule has 0 spiro atoms. The van der Waals surface area contributed by atoms with Gasteiger partial charge in [0.2, 0.25) is 11.6 Å². The Hall–Kier alpha value is -6.96. The maximum absolute atomic E-state index is 14.5. The Kier molecular flexibility index (Phi) is 10.5. The molecule has 3 aromatic rings. The lowest BCUT2D eigenvalue weighted by Gasteiger charge is -2.46. The maximum Gasteiger partial charge on any atom is 0.514 e. The van der Waals surface area contributed by atoms with Crippen molar-refractivity contribution in [3.05, 3.63) is 134 Å². The number of Topliss-reactive ketones (excluding diaryl/α,β-unsaturated/α-hetero) is 2. The van der Waals surface area contributed by atoms with Crippen LogP contribution < -0.4 is 9.47 Å². The number of esters is 1. The van der Waals surface area contributed by atoms with E-state index < -0.39 is 53.5 Å². The minimum absolute atomic E-state index is 0.0258. The fraction of sp³-hybridized carbons (Fsp3) is 0.273. The number of carbonyl (C=O) groups is 4. The number of allylic oxidation sites excluding steroid dienone is 6. The third kappa shape index (κ3) is 6.59. The summed E-state index contributed by atoms with van der Waals surface area (Å²) < 4.78 is 40.2. The Balaban J connectivity index is 1.46. The average molecular weight is 793 g/mol. The number of methoxy groups -OCH3 is 4. The van der Waals surface area contributed by atoms with Crippen molar-refractivity contribution in [1.82, 2.24) is 0 Å². The number of aromatic hydroxyl groups is 2. The number of hydrogen-bond acceptors (Lipinski definition) is 14. The molecule has 0 saturated heterocycles. The van der Waals surface area contributed by atoms with Crippen LogP contribution in [0.15, 0.2) is 112 Å². The smallest absolute Gasteiger partial charge is 0.508 e. The number of aliphatic hydroxyl groups is 1. The van der Waals surface area contributed by atoms with Crippen LogP contribution >= 0.6 is 0 Å². The predicted octanol–water partition coefficient (Wildman–Crippen LogP) is 7.14. The number of carbonyl (C=O) groups excluding carboxylic acids is 4. The normalized spacial score (nSPS) is 19.1. The number of benzene rings is 3. The van der Waals surface area contributed by atoms with Gasteiger partial charge in [0, 0.05) is 53.2 Å².